The number of pyridine rings is 1. The molecule has 116 valence electrons. The quantitative estimate of drug-likeness (QED) is 0.922. The minimum absolute atomic E-state index is 0.239. The molecule has 1 aliphatic rings. The maximum atomic E-state index is 12.7. The number of alkyl halides is 3. The molecule has 1 fully saturated rings. The van der Waals surface area contributed by atoms with Gasteiger partial charge in [-0.3, -0.25) is 4.90 Å². The third-order valence-electron chi connectivity index (χ3n) is 3.07. The fourth-order valence-electron chi connectivity index (χ4n) is 2.05. The molecule has 1 saturated heterocycles. The van der Waals surface area contributed by atoms with E-state index in [9.17, 15) is 23.1 Å². The number of rotatable bonds is 3. The van der Waals surface area contributed by atoms with Crippen LogP contribution < -0.4 is 4.90 Å². The standard InChI is InChI=1S/C12H14F3N3O3/c1-3-21-10-9(19)18(11(20)17(10)2)8-6-7(4-5-16-8)12(13,14)15/h4-6,9-10,19H,3H2,1-2H3/t9-,10-/m1/s1. The van der Waals surface area contributed by atoms with E-state index in [1.807, 2.05) is 0 Å². The number of aliphatic hydroxyl groups excluding tert-OH is 1. The molecule has 2 rings (SSSR count). The number of carbonyl (C=O) groups is 1. The number of amides is 2. The Hall–Kier alpha value is -1.87. The number of likely N-dealkylation sites (N-methyl/N-ethyl adjacent to an activating group) is 1. The Kier molecular flexibility index (Phi) is 4.06. The van der Waals surface area contributed by atoms with Gasteiger partial charge in [0.2, 0.25) is 0 Å². The van der Waals surface area contributed by atoms with Gasteiger partial charge in [0.15, 0.2) is 12.5 Å². The van der Waals surface area contributed by atoms with E-state index in [2.05, 4.69) is 4.98 Å². The lowest BCUT2D eigenvalue weighted by atomic mass is 10.2. The van der Waals surface area contributed by atoms with Crippen molar-refractivity contribution in [2.75, 3.05) is 18.6 Å². The monoisotopic (exact) mass is 305 g/mol. The summed E-state index contributed by atoms with van der Waals surface area (Å²) >= 11 is 0. The maximum Gasteiger partial charge on any atom is 0.416 e. The first-order valence-corrected chi connectivity index (χ1v) is 6.16. The Morgan fingerprint density at radius 1 is 1.48 bits per heavy atom. The lowest BCUT2D eigenvalue weighted by molar-refractivity contribution is -0.137. The predicted molar refractivity (Wildman–Crippen MR) is 66.3 cm³/mol. The predicted octanol–water partition coefficient (Wildman–Crippen LogP) is 1.65. The topological polar surface area (TPSA) is 65.9 Å². The minimum Gasteiger partial charge on any atom is -0.369 e. The summed E-state index contributed by atoms with van der Waals surface area (Å²) in [7, 11) is 1.39. The number of aliphatic hydroxyl groups is 1. The van der Waals surface area contributed by atoms with Crippen molar-refractivity contribution in [3.63, 3.8) is 0 Å². The molecule has 0 spiro atoms. The molecular formula is C12H14F3N3O3. The van der Waals surface area contributed by atoms with Crippen molar-refractivity contribution in [2.45, 2.75) is 25.6 Å². The summed E-state index contributed by atoms with van der Waals surface area (Å²) in [6.07, 6.45) is -6.01. The second-order valence-corrected chi connectivity index (χ2v) is 4.42. The van der Waals surface area contributed by atoms with Gasteiger partial charge in [-0.1, -0.05) is 0 Å². The summed E-state index contributed by atoms with van der Waals surface area (Å²) < 4.78 is 43.3. The molecule has 1 aliphatic heterocycles. The van der Waals surface area contributed by atoms with Crippen LogP contribution in [0.5, 0.6) is 0 Å². The molecule has 0 aromatic carbocycles. The van der Waals surface area contributed by atoms with Gasteiger partial charge in [-0.2, -0.15) is 13.2 Å². The molecule has 2 amide bonds. The van der Waals surface area contributed by atoms with E-state index in [0.29, 0.717) is 6.07 Å². The minimum atomic E-state index is -4.56. The Bertz CT molecular complexity index is 538. The van der Waals surface area contributed by atoms with E-state index in [0.717, 1.165) is 22.1 Å². The zero-order valence-electron chi connectivity index (χ0n) is 11.3. The van der Waals surface area contributed by atoms with E-state index >= 15 is 0 Å². The first-order valence-electron chi connectivity index (χ1n) is 6.16. The second-order valence-electron chi connectivity index (χ2n) is 4.42. The highest BCUT2D eigenvalue weighted by atomic mass is 19.4. The summed E-state index contributed by atoms with van der Waals surface area (Å²) in [5.74, 6) is -0.281. The van der Waals surface area contributed by atoms with Crippen LogP contribution in [0, 0.1) is 0 Å². The molecule has 0 radical (unpaired) electrons. The molecule has 1 aromatic rings. The number of halogens is 3. The van der Waals surface area contributed by atoms with Crippen molar-refractivity contribution in [3.05, 3.63) is 23.9 Å². The Balaban J connectivity index is 2.36. The molecule has 2 atom stereocenters. The molecule has 0 bridgehead atoms. The summed E-state index contributed by atoms with van der Waals surface area (Å²) in [5.41, 5.74) is -0.949. The average molecular weight is 305 g/mol. The molecule has 6 nitrogen and oxygen atoms in total. The Morgan fingerprint density at radius 2 is 2.14 bits per heavy atom. The molecule has 1 N–H and O–H groups in total. The van der Waals surface area contributed by atoms with Crippen LogP contribution in [-0.2, 0) is 10.9 Å². The Morgan fingerprint density at radius 3 is 2.71 bits per heavy atom. The van der Waals surface area contributed by atoms with Gasteiger partial charge in [0.1, 0.15) is 5.82 Å². The third-order valence-corrected chi connectivity index (χ3v) is 3.07. The molecule has 0 saturated carbocycles. The molecule has 0 unspecified atom stereocenters. The molecule has 21 heavy (non-hydrogen) atoms. The number of urea groups is 1. The van der Waals surface area contributed by atoms with Gasteiger partial charge >= 0.3 is 12.2 Å². The van der Waals surface area contributed by atoms with Gasteiger partial charge in [-0.05, 0) is 19.1 Å². The van der Waals surface area contributed by atoms with Crippen molar-refractivity contribution in [1.82, 2.24) is 9.88 Å². The Labute approximate surface area is 118 Å². The van der Waals surface area contributed by atoms with E-state index in [1.54, 1.807) is 6.92 Å². The third kappa shape index (κ3) is 2.79. The van der Waals surface area contributed by atoms with Gasteiger partial charge in [-0.15, -0.1) is 0 Å². The lowest BCUT2D eigenvalue weighted by Crippen LogP contribution is -2.38. The van der Waals surface area contributed by atoms with Crippen molar-refractivity contribution in [2.24, 2.45) is 0 Å². The summed E-state index contributed by atoms with van der Waals surface area (Å²) in [5, 5.41) is 10.1. The summed E-state index contributed by atoms with van der Waals surface area (Å²) in [4.78, 5) is 17.7. The summed E-state index contributed by atoms with van der Waals surface area (Å²) in [6.45, 7) is 1.92. The second kappa shape index (κ2) is 5.49. The van der Waals surface area contributed by atoms with Gasteiger partial charge in [0, 0.05) is 19.9 Å². The number of aromatic nitrogens is 1. The average Bonchev–Trinajstić information content (AvgIpc) is 2.62. The molecule has 1 aromatic heterocycles. The molecule has 0 aliphatic carbocycles. The summed E-state index contributed by atoms with van der Waals surface area (Å²) in [6, 6.07) is 0.816. The number of carbonyl (C=O) groups excluding carboxylic acids is 1. The maximum absolute atomic E-state index is 12.7. The highest BCUT2D eigenvalue weighted by Gasteiger charge is 2.45. The normalized spacial score (nSPS) is 23.0. The van der Waals surface area contributed by atoms with Crippen LogP contribution in [0.15, 0.2) is 18.3 Å². The first kappa shape index (κ1) is 15.5. The van der Waals surface area contributed by atoms with Crippen LogP contribution in [-0.4, -0.2) is 47.1 Å². The van der Waals surface area contributed by atoms with Crippen LogP contribution in [0.2, 0.25) is 0 Å². The fourth-order valence-corrected chi connectivity index (χ4v) is 2.05. The fraction of sp³-hybridized carbons (Fsp3) is 0.500. The van der Waals surface area contributed by atoms with E-state index in [-0.39, 0.29) is 12.4 Å². The zero-order valence-corrected chi connectivity index (χ0v) is 11.3. The van der Waals surface area contributed by atoms with Crippen molar-refractivity contribution in [3.8, 4) is 0 Å². The SMILES string of the molecule is CCO[C@@H]1[C@@H](O)N(c2cc(C(F)(F)F)ccn2)C(=O)N1C. The van der Waals surface area contributed by atoms with Crippen LogP contribution in [0.25, 0.3) is 0 Å². The van der Waals surface area contributed by atoms with E-state index in [1.165, 1.54) is 7.05 Å². The largest absolute Gasteiger partial charge is 0.416 e. The molecule has 9 heteroatoms. The van der Waals surface area contributed by atoms with Crippen LogP contribution >= 0.6 is 0 Å². The van der Waals surface area contributed by atoms with Crippen LogP contribution in [0.3, 0.4) is 0 Å². The van der Waals surface area contributed by atoms with Crippen LogP contribution in [0.4, 0.5) is 23.8 Å². The number of nitrogens with zero attached hydrogens (tertiary/aromatic N) is 3. The van der Waals surface area contributed by atoms with Crippen molar-refractivity contribution < 1.29 is 27.8 Å². The number of ether oxygens (including phenoxy) is 1. The van der Waals surface area contributed by atoms with Gasteiger partial charge in [-0.25, -0.2) is 14.7 Å². The van der Waals surface area contributed by atoms with Gasteiger partial charge in [0.25, 0.3) is 0 Å². The number of hydrogen-bond donors (Lipinski definition) is 1. The highest BCUT2D eigenvalue weighted by Crippen LogP contribution is 2.33. The zero-order chi connectivity index (χ0) is 15.8. The highest BCUT2D eigenvalue weighted by molar-refractivity contribution is 5.93. The number of anilines is 1. The lowest BCUT2D eigenvalue weighted by Gasteiger charge is -2.21. The van der Waals surface area contributed by atoms with Gasteiger partial charge in [0.05, 0.1) is 5.56 Å². The van der Waals surface area contributed by atoms with E-state index < -0.39 is 30.2 Å². The number of hydrogen-bond acceptors (Lipinski definition) is 4. The smallest absolute Gasteiger partial charge is 0.369 e. The van der Waals surface area contributed by atoms with Crippen molar-refractivity contribution in [1.29, 1.82) is 0 Å². The van der Waals surface area contributed by atoms with Crippen LogP contribution in [0.1, 0.15) is 12.5 Å². The van der Waals surface area contributed by atoms with Crippen molar-refractivity contribution >= 4 is 11.8 Å². The van der Waals surface area contributed by atoms with E-state index in [4.69, 9.17) is 4.74 Å². The molecule has 2 heterocycles. The van der Waals surface area contributed by atoms with Gasteiger partial charge < -0.3 is 9.84 Å². The molecular weight excluding hydrogens is 291 g/mol. The first-order chi connectivity index (χ1) is 9.77.